The molecule has 1 aliphatic carbocycles. The number of nitrogens with zero attached hydrogens (tertiary/aromatic N) is 1. The minimum absolute atomic E-state index is 0.00616. The second-order valence-corrected chi connectivity index (χ2v) is 5.03. The molecule has 0 aromatic rings. The van der Waals surface area contributed by atoms with Crippen LogP contribution >= 0.6 is 0 Å². The van der Waals surface area contributed by atoms with Crippen molar-refractivity contribution in [3.63, 3.8) is 0 Å². The Bertz CT molecular complexity index is 222. The highest BCUT2D eigenvalue weighted by Gasteiger charge is 2.39. The summed E-state index contributed by atoms with van der Waals surface area (Å²) in [5, 5.41) is 20.7. The van der Waals surface area contributed by atoms with Crippen molar-refractivity contribution in [1.29, 1.82) is 0 Å². The number of carboxylic acid groups (broad SMARTS) is 1. The molecule has 0 aliphatic heterocycles. The fourth-order valence-electron chi connectivity index (χ4n) is 2.26. The predicted octanol–water partition coefficient (Wildman–Crippen LogP) is -1.03. The van der Waals surface area contributed by atoms with Crippen LogP contribution in [0, 0.1) is 5.92 Å². The van der Waals surface area contributed by atoms with E-state index in [4.69, 9.17) is 0 Å². The SMILES string of the molecule is C[N+](C)(C)[C@@H]1CCC[C@@H](C(=O)[O-])[C@@H]1O. The Kier molecular flexibility index (Phi) is 3.17. The molecule has 82 valence electrons. The molecule has 0 amide bonds. The summed E-state index contributed by atoms with van der Waals surface area (Å²) in [7, 11) is 5.93. The van der Waals surface area contributed by atoms with Crippen LogP contribution in [0.25, 0.3) is 0 Å². The van der Waals surface area contributed by atoms with Gasteiger partial charge in [-0.1, -0.05) is 0 Å². The highest BCUT2D eigenvalue weighted by molar-refractivity contribution is 5.68. The van der Waals surface area contributed by atoms with Gasteiger partial charge in [0.05, 0.1) is 21.1 Å². The Morgan fingerprint density at radius 1 is 1.36 bits per heavy atom. The minimum Gasteiger partial charge on any atom is -0.550 e. The van der Waals surface area contributed by atoms with E-state index in [9.17, 15) is 15.0 Å². The van der Waals surface area contributed by atoms with Crippen LogP contribution in [0.15, 0.2) is 0 Å². The maximum absolute atomic E-state index is 10.8. The van der Waals surface area contributed by atoms with Crippen LogP contribution in [0.1, 0.15) is 19.3 Å². The van der Waals surface area contributed by atoms with Crippen molar-refractivity contribution >= 4 is 5.97 Å². The largest absolute Gasteiger partial charge is 0.550 e. The molecule has 4 nitrogen and oxygen atoms in total. The van der Waals surface area contributed by atoms with Crippen LogP contribution in [-0.4, -0.2) is 48.8 Å². The maximum atomic E-state index is 10.8. The second-order valence-electron chi connectivity index (χ2n) is 5.03. The molecule has 0 aromatic heterocycles. The van der Waals surface area contributed by atoms with E-state index in [0.717, 1.165) is 12.8 Å². The van der Waals surface area contributed by atoms with Gasteiger partial charge in [0, 0.05) is 18.3 Å². The number of likely N-dealkylation sites (N-methyl/N-ethyl adjacent to an activating group) is 1. The summed E-state index contributed by atoms with van der Waals surface area (Å²) in [5.74, 6) is -1.80. The first kappa shape index (κ1) is 11.5. The topological polar surface area (TPSA) is 60.4 Å². The molecule has 1 aliphatic rings. The van der Waals surface area contributed by atoms with Crippen LogP contribution in [-0.2, 0) is 4.79 Å². The fourth-order valence-corrected chi connectivity index (χ4v) is 2.26. The van der Waals surface area contributed by atoms with Gasteiger partial charge in [-0.25, -0.2) is 0 Å². The highest BCUT2D eigenvalue weighted by atomic mass is 16.4. The summed E-state index contributed by atoms with van der Waals surface area (Å²) in [4.78, 5) is 10.8. The lowest BCUT2D eigenvalue weighted by Gasteiger charge is -2.43. The average Bonchev–Trinajstić information content (AvgIpc) is 2.01. The van der Waals surface area contributed by atoms with Gasteiger partial charge in [0.2, 0.25) is 0 Å². The maximum Gasteiger partial charge on any atom is 0.115 e. The zero-order chi connectivity index (χ0) is 10.9. The second kappa shape index (κ2) is 3.87. The number of rotatable bonds is 2. The lowest BCUT2D eigenvalue weighted by molar-refractivity contribution is -0.901. The summed E-state index contributed by atoms with van der Waals surface area (Å²) in [5.41, 5.74) is 0. The molecule has 0 unspecified atom stereocenters. The Hall–Kier alpha value is -0.610. The third-order valence-corrected chi connectivity index (χ3v) is 3.12. The molecule has 0 radical (unpaired) electrons. The van der Waals surface area contributed by atoms with Gasteiger partial charge < -0.3 is 19.5 Å². The van der Waals surface area contributed by atoms with Crippen molar-refractivity contribution in [1.82, 2.24) is 0 Å². The van der Waals surface area contributed by atoms with Gasteiger partial charge in [-0.3, -0.25) is 0 Å². The quantitative estimate of drug-likeness (QED) is 0.581. The molecule has 14 heavy (non-hydrogen) atoms. The number of carbonyl (C=O) groups is 1. The van der Waals surface area contributed by atoms with E-state index in [-0.39, 0.29) is 6.04 Å². The van der Waals surface area contributed by atoms with Gasteiger partial charge >= 0.3 is 0 Å². The minimum atomic E-state index is -1.12. The molecule has 1 rings (SSSR count). The number of quaternary nitrogens is 1. The summed E-state index contributed by atoms with van der Waals surface area (Å²) < 4.78 is 0.602. The molecule has 1 N–H and O–H groups in total. The molecule has 1 fully saturated rings. The van der Waals surface area contributed by atoms with Crippen LogP contribution in [0.4, 0.5) is 0 Å². The normalized spacial score (nSPS) is 34.1. The van der Waals surface area contributed by atoms with Gasteiger partial charge in [-0.15, -0.1) is 0 Å². The van der Waals surface area contributed by atoms with Crippen molar-refractivity contribution in [2.75, 3.05) is 21.1 Å². The van der Waals surface area contributed by atoms with E-state index in [1.54, 1.807) is 0 Å². The summed E-state index contributed by atoms with van der Waals surface area (Å²) >= 11 is 0. The number of aliphatic hydroxyl groups is 1. The van der Waals surface area contributed by atoms with Gasteiger partial charge in [-0.05, 0) is 12.8 Å². The summed E-state index contributed by atoms with van der Waals surface area (Å²) in [6.45, 7) is 0. The molecule has 4 heteroatoms. The number of aliphatic hydroxyl groups excluding tert-OH is 1. The molecule has 0 bridgehead atoms. The molecule has 0 saturated heterocycles. The Morgan fingerprint density at radius 2 is 1.93 bits per heavy atom. The van der Waals surface area contributed by atoms with Gasteiger partial charge in [0.15, 0.2) is 0 Å². The average molecular weight is 201 g/mol. The summed E-state index contributed by atoms with van der Waals surface area (Å²) in [6, 6.07) is 0.00616. The molecule has 3 atom stereocenters. The summed E-state index contributed by atoms with van der Waals surface area (Å²) in [6.07, 6.45) is 1.51. The van der Waals surface area contributed by atoms with Crippen molar-refractivity contribution in [2.45, 2.75) is 31.4 Å². The molecule has 1 saturated carbocycles. The standard InChI is InChI=1S/C10H19NO3/c1-11(2,3)8-6-4-5-7(9(8)12)10(13)14/h7-9,12H,4-6H2,1-3H3/t7-,8-,9+/m1/s1. The molecular weight excluding hydrogens is 182 g/mol. The lowest BCUT2D eigenvalue weighted by atomic mass is 9.82. The Morgan fingerprint density at radius 3 is 2.36 bits per heavy atom. The molecule has 0 spiro atoms. The first-order chi connectivity index (χ1) is 6.34. The molecule has 0 heterocycles. The predicted molar refractivity (Wildman–Crippen MR) is 50.2 cm³/mol. The monoisotopic (exact) mass is 201 g/mol. The van der Waals surface area contributed by atoms with Crippen LogP contribution in [0.2, 0.25) is 0 Å². The van der Waals surface area contributed by atoms with Crippen molar-refractivity contribution < 1.29 is 19.5 Å². The van der Waals surface area contributed by atoms with E-state index in [1.807, 2.05) is 21.1 Å². The third kappa shape index (κ3) is 2.25. The van der Waals surface area contributed by atoms with Crippen molar-refractivity contribution in [3.8, 4) is 0 Å². The van der Waals surface area contributed by atoms with E-state index in [2.05, 4.69) is 0 Å². The van der Waals surface area contributed by atoms with E-state index in [0.29, 0.717) is 10.9 Å². The highest BCUT2D eigenvalue weighted by Crippen LogP contribution is 2.29. The fraction of sp³-hybridized carbons (Fsp3) is 0.900. The smallest absolute Gasteiger partial charge is 0.115 e. The van der Waals surface area contributed by atoms with Gasteiger partial charge in [-0.2, -0.15) is 0 Å². The molecular formula is C10H19NO3. The Balaban J connectivity index is 2.76. The molecule has 0 aromatic carbocycles. The number of hydrogen-bond acceptors (Lipinski definition) is 3. The van der Waals surface area contributed by atoms with Crippen LogP contribution < -0.4 is 5.11 Å². The Labute approximate surface area is 84.7 Å². The van der Waals surface area contributed by atoms with Gasteiger partial charge in [0.1, 0.15) is 12.1 Å². The van der Waals surface area contributed by atoms with E-state index >= 15 is 0 Å². The first-order valence-electron chi connectivity index (χ1n) is 5.04. The number of aliphatic carboxylic acids is 1. The zero-order valence-electron chi connectivity index (χ0n) is 9.06. The third-order valence-electron chi connectivity index (χ3n) is 3.12. The number of carbonyl (C=O) groups excluding carboxylic acids is 1. The van der Waals surface area contributed by atoms with Crippen molar-refractivity contribution in [2.24, 2.45) is 5.92 Å². The lowest BCUT2D eigenvalue weighted by Crippen LogP contribution is -2.58. The number of carboxylic acids is 1. The number of hydrogen-bond donors (Lipinski definition) is 1. The van der Waals surface area contributed by atoms with Gasteiger partial charge in [0.25, 0.3) is 0 Å². The van der Waals surface area contributed by atoms with Crippen LogP contribution in [0.3, 0.4) is 0 Å². The first-order valence-corrected chi connectivity index (χ1v) is 5.04. The van der Waals surface area contributed by atoms with Crippen LogP contribution in [0.5, 0.6) is 0 Å². The van der Waals surface area contributed by atoms with E-state index in [1.165, 1.54) is 0 Å². The van der Waals surface area contributed by atoms with Crippen molar-refractivity contribution in [3.05, 3.63) is 0 Å². The van der Waals surface area contributed by atoms with E-state index < -0.39 is 18.0 Å². The zero-order valence-corrected chi connectivity index (χ0v) is 9.06.